The molecule has 1 aromatic carbocycles. The van der Waals surface area contributed by atoms with E-state index in [1.165, 1.54) is 11.3 Å². The zero-order chi connectivity index (χ0) is 21.7. The van der Waals surface area contributed by atoms with Gasteiger partial charge in [0.1, 0.15) is 22.2 Å². The third-order valence-corrected chi connectivity index (χ3v) is 6.14. The van der Waals surface area contributed by atoms with Gasteiger partial charge in [-0.1, -0.05) is 11.6 Å². The number of piperidine rings is 1. The van der Waals surface area contributed by atoms with Gasteiger partial charge in [-0.15, -0.1) is 11.3 Å². The molecule has 2 N–H and O–H groups in total. The zero-order valence-electron chi connectivity index (χ0n) is 16.4. The normalized spacial score (nSPS) is 14.4. The minimum atomic E-state index is -0.594. The highest BCUT2D eigenvalue weighted by Crippen LogP contribution is 2.22. The van der Waals surface area contributed by atoms with Gasteiger partial charge in [0.05, 0.1) is 5.69 Å². The summed E-state index contributed by atoms with van der Waals surface area (Å²) in [6.07, 6.45) is 1.06. The van der Waals surface area contributed by atoms with E-state index in [1.54, 1.807) is 36.1 Å². The largest absolute Gasteiger partial charge is 0.486 e. The van der Waals surface area contributed by atoms with Gasteiger partial charge in [0.25, 0.3) is 5.91 Å². The number of nitrogens with zero attached hydrogens (tertiary/aromatic N) is 2. The lowest BCUT2D eigenvalue weighted by atomic mass is 9.96. The number of amides is 2. The lowest BCUT2D eigenvalue weighted by Gasteiger charge is -2.30. The van der Waals surface area contributed by atoms with Crippen molar-refractivity contribution in [3.05, 3.63) is 44.9 Å². The summed E-state index contributed by atoms with van der Waals surface area (Å²) in [5.74, 6) is -0.792. The second-order valence-electron chi connectivity index (χ2n) is 6.90. The van der Waals surface area contributed by atoms with Crippen LogP contribution in [0.1, 0.15) is 33.2 Å². The molecule has 0 aliphatic carbocycles. The van der Waals surface area contributed by atoms with E-state index in [0.29, 0.717) is 52.3 Å². The monoisotopic (exact) mass is 451 g/mol. The number of aryl methyl sites for hydroxylation is 1. The van der Waals surface area contributed by atoms with Crippen molar-refractivity contribution in [2.24, 2.45) is 11.7 Å². The van der Waals surface area contributed by atoms with Gasteiger partial charge < -0.3 is 20.1 Å². The van der Waals surface area contributed by atoms with Gasteiger partial charge >= 0.3 is 5.97 Å². The Morgan fingerprint density at radius 3 is 2.53 bits per heavy atom. The Balaban J connectivity index is 1.49. The van der Waals surface area contributed by atoms with Crippen LogP contribution in [0.15, 0.2) is 24.3 Å². The molecule has 8 nitrogen and oxygen atoms in total. The van der Waals surface area contributed by atoms with Gasteiger partial charge in [-0.2, -0.15) is 0 Å². The molecule has 1 fully saturated rings. The summed E-state index contributed by atoms with van der Waals surface area (Å²) in [6.45, 7) is 2.41. The minimum Gasteiger partial charge on any atom is -0.486 e. The molecule has 0 atom stereocenters. The molecule has 0 saturated carbocycles. The molecule has 10 heteroatoms. The first-order valence-corrected chi connectivity index (χ1v) is 10.6. The predicted molar refractivity (Wildman–Crippen MR) is 111 cm³/mol. The van der Waals surface area contributed by atoms with E-state index in [2.05, 4.69) is 4.98 Å². The first-order valence-electron chi connectivity index (χ1n) is 9.42. The van der Waals surface area contributed by atoms with Crippen molar-refractivity contribution in [1.82, 2.24) is 9.88 Å². The Kier molecular flexibility index (Phi) is 7.28. The topological polar surface area (TPSA) is 112 Å². The van der Waals surface area contributed by atoms with E-state index >= 15 is 0 Å². The molecule has 0 bridgehead atoms. The molecule has 160 valence electrons. The summed E-state index contributed by atoms with van der Waals surface area (Å²) in [7, 11) is 0. The van der Waals surface area contributed by atoms with E-state index in [4.69, 9.17) is 26.8 Å². The van der Waals surface area contributed by atoms with Gasteiger partial charge in [-0.05, 0) is 44.0 Å². The number of carbonyl (C=O) groups is 3. The Morgan fingerprint density at radius 1 is 1.23 bits per heavy atom. The van der Waals surface area contributed by atoms with E-state index < -0.39 is 5.97 Å². The third kappa shape index (κ3) is 5.70. The van der Waals surface area contributed by atoms with Gasteiger partial charge in [-0.3, -0.25) is 9.59 Å². The van der Waals surface area contributed by atoms with E-state index in [0.717, 1.165) is 0 Å². The highest BCUT2D eigenvalue weighted by molar-refractivity contribution is 7.13. The van der Waals surface area contributed by atoms with Crippen LogP contribution in [0.3, 0.4) is 0 Å². The lowest BCUT2D eigenvalue weighted by molar-refractivity contribution is -0.137. The maximum Gasteiger partial charge on any atom is 0.350 e. The Labute approximate surface area is 182 Å². The average molecular weight is 452 g/mol. The minimum absolute atomic E-state index is 0.203. The molecule has 2 heterocycles. The number of esters is 1. The van der Waals surface area contributed by atoms with Crippen molar-refractivity contribution in [2.45, 2.75) is 26.4 Å². The molecule has 1 aromatic heterocycles. The van der Waals surface area contributed by atoms with Crippen molar-refractivity contribution in [3.8, 4) is 5.75 Å². The van der Waals surface area contributed by atoms with Crippen LogP contribution in [0.5, 0.6) is 5.75 Å². The third-order valence-electron chi connectivity index (χ3n) is 4.78. The van der Waals surface area contributed by atoms with E-state index in [1.807, 2.05) is 0 Å². The van der Waals surface area contributed by atoms with Crippen molar-refractivity contribution >= 4 is 40.7 Å². The summed E-state index contributed by atoms with van der Waals surface area (Å²) in [5, 5.41) is 1.23. The van der Waals surface area contributed by atoms with Crippen molar-refractivity contribution in [3.63, 3.8) is 0 Å². The number of ether oxygens (including phenoxy) is 2. The van der Waals surface area contributed by atoms with Crippen LogP contribution in [-0.4, -0.2) is 47.4 Å². The molecule has 2 aromatic rings. The molecule has 2 amide bonds. The number of halogens is 1. The Hall–Kier alpha value is -2.65. The molecule has 0 unspecified atom stereocenters. The molecule has 1 saturated heterocycles. The van der Waals surface area contributed by atoms with Gasteiger partial charge in [0.15, 0.2) is 6.61 Å². The average Bonchev–Trinajstić information content (AvgIpc) is 3.12. The predicted octanol–water partition coefficient (Wildman–Crippen LogP) is 2.56. The van der Waals surface area contributed by atoms with Crippen molar-refractivity contribution < 1.29 is 23.9 Å². The quantitative estimate of drug-likeness (QED) is 0.647. The van der Waals surface area contributed by atoms with Gasteiger partial charge in [0.2, 0.25) is 5.91 Å². The Bertz CT molecular complexity index is 923. The fraction of sp³-hybridized carbons (Fsp3) is 0.400. The molecule has 3 rings (SSSR count). The SMILES string of the molecule is Cc1nc(COc2ccc(Cl)cc2)sc1C(=O)OCC(=O)N1CCC(C(N)=O)CC1. The number of thiazole rings is 1. The van der Waals surface area contributed by atoms with E-state index in [9.17, 15) is 14.4 Å². The summed E-state index contributed by atoms with van der Waals surface area (Å²) >= 11 is 7.01. The number of likely N-dealkylation sites (tertiary alicyclic amines) is 1. The first-order chi connectivity index (χ1) is 14.3. The van der Waals surface area contributed by atoms with Crippen LogP contribution >= 0.6 is 22.9 Å². The smallest absolute Gasteiger partial charge is 0.350 e. The van der Waals surface area contributed by atoms with Crippen LogP contribution in [-0.2, 0) is 20.9 Å². The molecular formula is C20H22ClN3O5S. The summed E-state index contributed by atoms with van der Waals surface area (Å²) < 4.78 is 10.8. The number of hydrogen-bond donors (Lipinski definition) is 1. The number of rotatable bonds is 7. The number of hydrogen-bond acceptors (Lipinski definition) is 7. The van der Waals surface area contributed by atoms with Crippen molar-refractivity contribution in [2.75, 3.05) is 19.7 Å². The maximum atomic E-state index is 12.4. The first kappa shape index (κ1) is 22.0. The lowest BCUT2D eigenvalue weighted by Crippen LogP contribution is -2.43. The summed E-state index contributed by atoms with van der Waals surface area (Å²) in [6, 6.07) is 6.94. The molecule has 30 heavy (non-hydrogen) atoms. The fourth-order valence-electron chi connectivity index (χ4n) is 3.08. The maximum absolute atomic E-state index is 12.4. The van der Waals surface area contributed by atoms with Crippen LogP contribution in [0.2, 0.25) is 5.02 Å². The summed E-state index contributed by atoms with van der Waals surface area (Å²) in [4.78, 5) is 42.1. The standard InChI is InChI=1S/C20H22ClN3O5S/c1-12-18(30-16(23-12)10-28-15-4-2-14(21)3-5-15)20(27)29-11-17(25)24-8-6-13(7-9-24)19(22)26/h2-5,13H,6-11H2,1H3,(H2,22,26). The van der Waals surface area contributed by atoms with Gasteiger partial charge in [0, 0.05) is 24.0 Å². The highest BCUT2D eigenvalue weighted by atomic mass is 35.5. The van der Waals surface area contributed by atoms with Gasteiger partial charge in [-0.25, -0.2) is 9.78 Å². The van der Waals surface area contributed by atoms with Crippen LogP contribution < -0.4 is 10.5 Å². The molecule has 1 aliphatic heterocycles. The van der Waals surface area contributed by atoms with Crippen LogP contribution in [0.25, 0.3) is 0 Å². The fourth-order valence-corrected chi connectivity index (χ4v) is 4.07. The Morgan fingerprint density at radius 2 is 1.90 bits per heavy atom. The number of primary amides is 1. The zero-order valence-corrected chi connectivity index (χ0v) is 18.0. The number of aromatic nitrogens is 1. The molecular weight excluding hydrogens is 430 g/mol. The van der Waals surface area contributed by atoms with Crippen LogP contribution in [0.4, 0.5) is 0 Å². The van der Waals surface area contributed by atoms with Crippen LogP contribution in [0, 0.1) is 12.8 Å². The number of carbonyl (C=O) groups excluding carboxylic acids is 3. The molecule has 0 spiro atoms. The molecule has 1 aliphatic rings. The highest BCUT2D eigenvalue weighted by Gasteiger charge is 2.27. The second kappa shape index (κ2) is 9.90. The summed E-state index contributed by atoms with van der Waals surface area (Å²) in [5.41, 5.74) is 5.82. The number of nitrogens with two attached hydrogens (primary N) is 1. The molecule has 0 radical (unpaired) electrons. The second-order valence-corrected chi connectivity index (χ2v) is 8.42. The van der Waals surface area contributed by atoms with E-state index in [-0.39, 0.29) is 30.9 Å². The van der Waals surface area contributed by atoms with Crippen molar-refractivity contribution in [1.29, 1.82) is 0 Å². The number of benzene rings is 1.